The lowest BCUT2D eigenvalue weighted by molar-refractivity contribution is 0.173. The van der Waals surface area contributed by atoms with Crippen LogP contribution in [-0.4, -0.2) is 41.4 Å². The normalized spacial score (nSPS) is 18.1. The van der Waals surface area contributed by atoms with Crippen molar-refractivity contribution in [1.82, 2.24) is 20.0 Å². The van der Waals surface area contributed by atoms with Gasteiger partial charge in [0.15, 0.2) is 0 Å². The zero-order chi connectivity index (χ0) is 13.8. The Labute approximate surface area is 121 Å². The molecule has 1 aliphatic heterocycles. The highest BCUT2D eigenvalue weighted by atomic mass is 35.5. The van der Waals surface area contributed by atoms with Crippen molar-refractivity contribution in [2.45, 2.75) is 32.7 Å². The van der Waals surface area contributed by atoms with Gasteiger partial charge < -0.3 is 5.32 Å². The van der Waals surface area contributed by atoms with Crippen molar-refractivity contribution in [3.63, 3.8) is 0 Å². The van der Waals surface area contributed by atoms with Crippen LogP contribution in [0.5, 0.6) is 0 Å². The van der Waals surface area contributed by atoms with Crippen LogP contribution in [0, 0.1) is 5.92 Å². The number of rotatable bonds is 5. The molecule has 0 bridgehead atoms. The topological polar surface area (TPSA) is 33.1 Å². The van der Waals surface area contributed by atoms with Crippen LogP contribution in [0.4, 0.5) is 0 Å². The first kappa shape index (κ1) is 14.8. The average molecular weight is 285 g/mol. The molecule has 0 radical (unpaired) electrons. The highest BCUT2D eigenvalue weighted by Gasteiger charge is 2.21. The summed E-state index contributed by atoms with van der Waals surface area (Å²) < 4.78 is 1.95. The fourth-order valence-electron chi connectivity index (χ4n) is 2.84. The second kappa shape index (κ2) is 6.73. The molecule has 108 valence electrons. The summed E-state index contributed by atoms with van der Waals surface area (Å²) in [7, 11) is 4.03. The number of nitrogens with one attached hydrogen (secondary N) is 1. The Morgan fingerprint density at radius 2 is 2.05 bits per heavy atom. The zero-order valence-electron chi connectivity index (χ0n) is 12.2. The maximum Gasteiger partial charge on any atom is 0.0863 e. The highest BCUT2D eigenvalue weighted by Crippen LogP contribution is 2.24. The van der Waals surface area contributed by atoms with E-state index < -0.39 is 0 Å². The summed E-state index contributed by atoms with van der Waals surface area (Å²) in [6.45, 7) is 6.49. The molecule has 0 aliphatic carbocycles. The molecule has 19 heavy (non-hydrogen) atoms. The summed E-state index contributed by atoms with van der Waals surface area (Å²) in [6.07, 6.45) is 3.45. The second-order valence-corrected chi connectivity index (χ2v) is 5.84. The van der Waals surface area contributed by atoms with E-state index in [-0.39, 0.29) is 0 Å². The van der Waals surface area contributed by atoms with Gasteiger partial charge in [-0.2, -0.15) is 5.10 Å². The molecule has 1 saturated heterocycles. The Kier molecular flexibility index (Phi) is 5.25. The van der Waals surface area contributed by atoms with Crippen LogP contribution in [0.3, 0.4) is 0 Å². The zero-order valence-corrected chi connectivity index (χ0v) is 13.0. The first-order valence-electron chi connectivity index (χ1n) is 7.22. The Hall–Kier alpha value is -0.580. The van der Waals surface area contributed by atoms with E-state index in [2.05, 4.69) is 22.2 Å². The van der Waals surface area contributed by atoms with Crippen molar-refractivity contribution in [3.05, 3.63) is 16.4 Å². The van der Waals surface area contributed by atoms with Gasteiger partial charge in [0.2, 0.25) is 0 Å². The summed E-state index contributed by atoms with van der Waals surface area (Å²) in [5, 5.41) is 8.63. The Bertz CT molecular complexity index is 408. The lowest BCUT2D eigenvalue weighted by atomic mass is 9.97. The van der Waals surface area contributed by atoms with Gasteiger partial charge in [-0.15, -0.1) is 0 Å². The molecule has 1 fully saturated rings. The van der Waals surface area contributed by atoms with Crippen molar-refractivity contribution in [1.29, 1.82) is 0 Å². The summed E-state index contributed by atoms with van der Waals surface area (Å²) in [5.74, 6) is 0.828. The largest absolute Gasteiger partial charge is 0.319 e. The van der Waals surface area contributed by atoms with Gasteiger partial charge in [0.1, 0.15) is 0 Å². The molecular weight excluding hydrogens is 260 g/mol. The Morgan fingerprint density at radius 1 is 1.37 bits per heavy atom. The minimum absolute atomic E-state index is 0.828. The van der Waals surface area contributed by atoms with E-state index in [1.807, 2.05) is 18.8 Å². The second-order valence-electron chi connectivity index (χ2n) is 5.46. The third-order valence-corrected chi connectivity index (χ3v) is 4.51. The number of halogens is 1. The summed E-state index contributed by atoms with van der Waals surface area (Å²) in [5.41, 5.74) is 2.18. The minimum Gasteiger partial charge on any atom is -0.319 e. The lowest BCUT2D eigenvalue weighted by Gasteiger charge is -2.31. The first-order valence-corrected chi connectivity index (χ1v) is 7.60. The molecule has 0 unspecified atom stereocenters. The van der Waals surface area contributed by atoms with Crippen molar-refractivity contribution in [2.75, 3.05) is 26.7 Å². The quantitative estimate of drug-likeness (QED) is 0.899. The van der Waals surface area contributed by atoms with E-state index in [9.17, 15) is 0 Å². The van der Waals surface area contributed by atoms with E-state index in [0.29, 0.717) is 0 Å². The van der Waals surface area contributed by atoms with Gasteiger partial charge in [-0.25, -0.2) is 0 Å². The molecule has 1 aromatic heterocycles. The van der Waals surface area contributed by atoms with Gasteiger partial charge in [-0.05, 0) is 51.9 Å². The summed E-state index contributed by atoms with van der Waals surface area (Å²) in [4.78, 5) is 2.49. The van der Waals surface area contributed by atoms with Crippen LogP contribution in [0.15, 0.2) is 0 Å². The molecule has 0 saturated carbocycles. The third kappa shape index (κ3) is 3.50. The van der Waals surface area contributed by atoms with Crippen LogP contribution in [0.2, 0.25) is 5.02 Å². The molecule has 4 nitrogen and oxygen atoms in total. The summed E-state index contributed by atoms with van der Waals surface area (Å²) in [6, 6.07) is 0. The van der Waals surface area contributed by atoms with E-state index >= 15 is 0 Å². The molecule has 2 rings (SSSR count). The predicted molar refractivity (Wildman–Crippen MR) is 79.5 cm³/mol. The van der Waals surface area contributed by atoms with Gasteiger partial charge in [-0.3, -0.25) is 9.58 Å². The molecular formula is C14H25ClN4. The molecule has 1 aliphatic rings. The number of hydrogen-bond acceptors (Lipinski definition) is 3. The number of hydrogen-bond donors (Lipinski definition) is 1. The molecule has 2 heterocycles. The third-order valence-electron chi connectivity index (χ3n) is 4.08. The van der Waals surface area contributed by atoms with Crippen molar-refractivity contribution >= 4 is 11.6 Å². The van der Waals surface area contributed by atoms with Crippen molar-refractivity contribution < 1.29 is 0 Å². The number of likely N-dealkylation sites (tertiary alicyclic amines) is 1. The average Bonchev–Trinajstić information content (AvgIpc) is 2.68. The number of aromatic nitrogens is 2. The molecule has 0 atom stereocenters. The first-order chi connectivity index (χ1) is 9.15. The van der Waals surface area contributed by atoms with Crippen molar-refractivity contribution in [2.24, 2.45) is 13.0 Å². The molecule has 0 amide bonds. The van der Waals surface area contributed by atoms with Gasteiger partial charge >= 0.3 is 0 Å². The predicted octanol–water partition coefficient (Wildman–Crippen LogP) is 2.07. The van der Waals surface area contributed by atoms with Gasteiger partial charge in [0.25, 0.3) is 0 Å². The number of piperidine rings is 1. The lowest BCUT2D eigenvalue weighted by Crippen LogP contribution is -2.36. The fourth-order valence-corrected chi connectivity index (χ4v) is 3.19. The smallest absolute Gasteiger partial charge is 0.0863 e. The monoisotopic (exact) mass is 284 g/mol. The van der Waals surface area contributed by atoms with E-state index in [4.69, 9.17) is 11.6 Å². The minimum atomic E-state index is 0.828. The fraction of sp³-hybridized carbons (Fsp3) is 0.786. The Balaban J connectivity index is 1.94. The van der Waals surface area contributed by atoms with Crippen LogP contribution in [0.1, 0.15) is 31.2 Å². The van der Waals surface area contributed by atoms with Crippen LogP contribution >= 0.6 is 11.6 Å². The summed E-state index contributed by atoms with van der Waals surface area (Å²) >= 11 is 6.41. The maximum atomic E-state index is 6.41. The van der Waals surface area contributed by atoms with Crippen LogP contribution in [-0.2, 0) is 20.0 Å². The van der Waals surface area contributed by atoms with E-state index in [0.717, 1.165) is 54.9 Å². The van der Waals surface area contributed by atoms with Gasteiger partial charge in [0, 0.05) is 13.6 Å². The van der Waals surface area contributed by atoms with E-state index in [1.54, 1.807) is 0 Å². The highest BCUT2D eigenvalue weighted by molar-refractivity contribution is 6.31. The molecule has 0 aromatic carbocycles. The molecule has 1 aromatic rings. The SMILES string of the molecule is CCc1nn(C)c(CN2CCC(CNC)CC2)c1Cl. The maximum absolute atomic E-state index is 6.41. The number of nitrogens with zero attached hydrogens (tertiary/aromatic N) is 3. The Morgan fingerprint density at radius 3 is 2.58 bits per heavy atom. The van der Waals surface area contributed by atoms with Crippen LogP contribution < -0.4 is 5.32 Å². The van der Waals surface area contributed by atoms with Gasteiger partial charge in [-0.1, -0.05) is 18.5 Å². The number of aryl methyl sites for hydroxylation is 2. The standard InChI is InChI=1S/C14H25ClN4/c1-4-12-14(15)13(18(3)17-12)10-19-7-5-11(6-8-19)9-16-2/h11,16H,4-10H2,1-3H3. The van der Waals surface area contributed by atoms with Gasteiger partial charge in [0.05, 0.1) is 16.4 Å². The van der Waals surface area contributed by atoms with E-state index in [1.165, 1.54) is 12.8 Å². The molecule has 0 spiro atoms. The van der Waals surface area contributed by atoms with Crippen LogP contribution in [0.25, 0.3) is 0 Å². The molecule has 5 heteroatoms. The van der Waals surface area contributed by atoms with Crippen molar-refractivity contribution in [3.8, 4) is 0 Å². The molecule has 1 N–H and O–H groups in total.